The van der Waals surface area contributed by atoms with Crippen LogP contribution in [0.3, 0.4) is 0 Å². The van der Waals surface area contributed by atoms with Gasteiger partial charge in [-0.3, -0.25) is 9.59 Å². The number of nitrogens with zero attached hydrogens (tertiary/aromatic N) is 1. The number of carbonyl (C=O) groups excluding carboxylic acids is 2. The van der Waals surface area contributed by atoms with Crippen LogP contribution in [-0.2, 0) is 11.3 Å². The molecule has 126 valence electrons. The zero-order valence-corrected chi connectivity index (χ0v) is 14.8. The molecular formula is C18H20N2O3S. The van der Waals surface area contributed by atoms with Crippen molar-refractivity contribution in [3.63, 3.8) is 0 Å². The molecule has 0 saturated heterocycles. The topological polar surface area (TPSA) is 62.6 Å². The van der Waals surface area contributed by atoms with Gasteiger partial charge in [-0.15, -0.1) is 11.8 Å². The first-order valence-corrected chi connectivity index (χ1v) is 8.60. The molecule has 0 atom stereocenters. The molecule has 0 spiro atoms. The first-order valence-electron chi connectivity index (χ1n) is 7.79. The van der Waals surface area contributed by atoms with E-state index < -0.39 is 0 Å². The lowest BCUT2D eigenvalue weighted by atomic mass is 10.1. The van der Waals surface area contributed by atoms with Gasteiger partial charge in [-0.1, -0.05) is 12.1 Å². The normalized spacial score (nSPS) is 15.7. The van der Waals surface area contributed by atoms with Crippen molar-refractivity contribution in [1.82, 2.24) is 5.32 Å². The van der Waals surface area contributed by atoms with Crippen LogP contribution in [0.2, 0.25) is 0 Å². The molecule has 0 fully saturated rings. The molecule has 1 N–H and O–H groups in total. The molecular weight excluding hydrogens is 324 g/mol. The summed E-state index contributed by atoms with van der Waals surface area (Å²) < 4.78 is 5.55. The largest absolute Gasteiger partial charge is 0.454 e. The molecule has 1 aromatic carbocycles. The van der Waals surface area contributed by atoms with Gasteiger partial charge in [-0.05, 0) is 38.1 Å². The first-order chi connectivity index (χ1) is 11.4. The number of furan rings is 1. The molecule has 0 saturated carbocycles. The second kappa shape index (κ2) is 6.36. The van der Waals surface area contributed by atoms with Crippen LogP contribution in [0.4, 0.5) is 5.69 Å². The molecule has 5 nitrogen and oxygen atoms in total. The van der Waals surface area contributed by atoms with E-state index in [2.05, 4.69) is 19.2 Å². The Bertz CT molecular complexity index is 782. The van der Waals surface area contributed by atoms with Crippen molar-refractivity contribution in [2.24, 2.45) is 0 Å². The molecule has 0 bridgehead atoms. The Morgan fingerprint density at radius 2 is 2.00 bits per heavy atom. The molecule has 1 aromatic heterocycles. The first kappa shape index (κ1) is 16.6. The Hall–Kier alpha value is -2.21. The monoisotopic (exact) mass is 344 g/mol. The average Bonchev–Trinajstić information content (AvgIpc) is 2.99. The predicted octanol–water partition coefficient (Wildman–Crippen LogP) is 3.45. The van der Waals surface area contributed by atoms with Gasteiger partial charge in [-0.2, -0.15) is 0 Å². The fourth-order valence-corrected chi connectivity index (χ4v) is 3.89. The van der Waals surface area contributed by atoms with Crippen LogP contribution in [0.25, 0.3) is 0 Å². The lowest BCUT2D eigenvalue weighted by molar-refractivity contribution is -0.119. The maximum absolute atomic E-state index is 12.9. The summed E-state index contributed by atoms with van der Waals surface area (Å²) in [5, 5.41) is 2.66. The lowest BCUT2D eigenvalue weighted by Gasteiger charge is -2.38. The highest BCUT2D eigenvalue weighted by atomic mass is 32.2. The van der Waals surface area contributed by atoms with Crippen molar-refractivity contribution in [2.45, 2.75) is 37.0 Å². The molecule has 1 aliphatic heterocycles. The molecule has 0 radical (unpaired) electrons. The maximum Gasteiger partial charge on any atom is 0.294 e. The van der Waals surface area contributed by atoms with Crippen LogP contribution in [0, 0.1) is 0 Å². The Morgan fingerprint density at radius 1 is 1.25 bits per heavy atom. The summed E-state index contributed by atoms with van der Waals surface area (Å²) in [5.74, 6) is 0.549. The second-order valence-electron chi connectivity index (χ2n) is 6.40. The Balaban J connectivity index is 1.86. The lowest BCUT2D eigenvalue weighted by Crippen LogP contribution is -2.43. The van der Waals surface area contributed by atoms with Crippen molar-refractivity contribution >= 4 is 29.3 Å². The third-order valence-corrected chi connectivity index (χ3v) is 4.96. The van der Waals surface area contributed by atoms with Crippen molar-refractivity contribution in [1.29, 1.82) is 0 Å². The molecule has 2 amide bonds. The van der Waals surface area contributed by atoms with Crippen LogP contribution >= 0.6 is 11.8 Å². The molecule has 2 aromatic rings. The Kier molecular flexibility index (Phi) is 4.41. The fourth-order valence-electron chi connectivity index (χ4n) is 2.68. The highest BCUT2D eigenvalue weighted by Gasteiger charge is 2.35. The Morgan fingerprint density at radius 3 is 2.75 bits per heavy atom. The van der Waals surface area contributed by atoms with E-state index in [4.69, 9.17) is 4.42 Å². The van der Waals surface area contributed by atoms with E-state index in [1.54, 1.807) is 28.8 Å². The SMILES string of the molecule is CC(=O)NCc1ccc(C(=O)N2CC(C)(C)Sc3ccccc32)o1. The maximum atomic E-state index is 12.9. The molecule has 0 unspecified atom stereocenters. The summed E-state index contributed by atoms with van der Waals surface area (Å²) in [7, 11) is 0. The summed E-state index contributed by atoms with van der Waals surface area (Å²) in [6.07, 6.45) is 0. The molecule has 2 heterocycles. The van der Waals surface area contributed by atoms with Crippen LogP contribution in [-0.4, -0.2) is 23.1 Å². The van der Waals surface area contributed by atoms with Gasteiger partial charge in [0.15, 0.2) is 5.76 Å². The number of benzene rings is 1. The summed E-state index contributed by atoms with van der Waals surface area (Å²) in [6, 6.07) is 11.3. The van der Waals surface area contributed by atoms with Gasteiger partial charge in [0.25, 0.3) is 5.91 Å². The van der Waals surface area contributed by atoms with Gasteiger partial charge in [-0.25, -0.2) is 0 Å². The minimum absolute atomic E-state index is 0.0738. The third-order valence-electron chi connectivity index (χ3n) is 3.71. The number of carbonyl (C=O) groups is 2. The van der Waals surface area contributed by atoms with E-state index in [0.29, 0.717) is 12.3 Å². The highest BCUT2D eigenvalue weighted by Crippen LogP contribution is 2.44. The number of amides is 2. The number of hydrogen-bond donors (Lipinski definition) is 1. The van der Waals surface area contributed by atoms with Crippen LogP contribution < -0.4 is 10.2 Å². The predicted molar refractivity (Wildman–Crippen MR) is 94.3 cm³/mol. The number of nitrogens with one attached hydrogen (secondary N) is 1. The number of thioether (sulfide) groups is 1. The number of rotatable bonds is 3. The van der Waals surface area contributed by atoms with Gasteiger partial charge in [0.1, 0.15) is 5.76 Å². The van der Waals surface area contributed by atoms with E-state index in [1.807, 2.05) is 24.3 Å². The molecule has 24 heavy (non-hydrogen) atoms. The number of anilines is 1. The molecule has 6 heteroatoms. The van der Waals surface area contributed by atoms with Crippen molar-refractivity contribution < 1.29 is 14.0 Å². The quantitative estimate of drug-likeness (QED) is 0.926. The minimum Gasteiger partial charge on any atom is -0.454 e. The van der Waals surface area contributed by atoms with Crippen LogP contribution in [0.15, 0.2) is 45.7 Å². The summed E-state index contributed by atoms with van der Waals surface area (Å²) in [6.45, 7) is 6.58. The highest BCUT2D eigenvalue weighted by molar-refractivity contribution is 8.00. The van der Waals surface area contributed by atoms with Gasteiger partial charge < -0.3 is 14.6 Å². The van der Waals surface area contributed by atoms with E-state index in [0.717, 1.165) is 10.6 Å². The van der Waals surface area contributed by atoms with Crippen molar-refractivity contribution in [2.75, 3.05) is 11.4 Å². The number of hydrogen-bond acceptors (Lipinski definition) is 4. The molecule has 3 rings (SSSR count). The van der Waals surface area contributed by atoms with Gasteiger partial charge in [0.05, 0.1) is 12.2 Å². The zero-order valence-electron chi connectivity index (χ0n) is 14.0. The smallest absolute Gasteiger partial charge is 0.294 e. The molecule has 1 aliphatic rings. The van der Waals surface area contributed by atoms with E-state index in [9.17, 15) is 9.59 Å². The summed E-state index contributed by atoms with van der Waals surface area (Å²) in [4.78, 5) is 26.8. The van der Waals surface area contributed by atoms with E-state index in [-0.39, 0.29) is 28.9 Å². The Labute approximate surface area is 145 Å². The van der Waals surface area contributed by atoms with E-state index in [1.165, 1.54) is 6.92 Å². The fraction of sp³-hybridized carbons (Fsp3) is 0.333. The van der Waals surface area contributed by atoms with Crippen molar-refractivity contribution in [3.05, 3.63) is 47.9 Å². The van der Waals surface area contributed by atoms with Crippen molar-refractivity contribution in [3.8, 4) is 0 Å². The third kappa shape index (κ3) is 3.48. The van der Waals surface area contributed by atoms with Crippen LogP contribution in [0.5, 0.6) is 0 Å². The van der Waals surface area contributed by atoms with Gasteiger partial charge in [0, 0.05) is 23.1 Å². The minimum atomic E-state index is -0.162. The summed E-state index contributed by atoms with van der Waals surface area (Å²) in [5.41, 5.74) is 0.909. The zero-order chi connectivity index (χ0) is 17.3. The average molecular weight is 344 g/mol. The number of para-hydroxylation sites is 1. The van der Waals surface area contributed by atoms with Gasteiger partial charge in [0.2, 0.25) is 5.91 Å². The van der Waals surface area contributed by atoms with Gasteiger partial charge >= 0.3 is 0 Å². The second-order valence-corrected chi connectivity index (χ2v) is 8.15. The standard InChI is InChI=1S/C18H20N2O3S/c1-12(21)19-10-13-8-9-15(23-13)17(22)20-11-18(2,3)24-16-7-5-4-6-14(16)20/h4-9H,10-11H2,1-3H3,(H,19,21). The van der Waals surface area contributed by atoms with Crippen LogP contribution in [0.1, 0.15) is 37.1 Å². The number of fused-ring (bicyclic) bond motifs is 1. The molecule has 0 aliphatic carbocycles. The summed E-state index contributed by atoms with van der Waals surface area (Å²) >= 11 is 1.78. The van der Waals surface area contributed by atoms with E-state index >= 15 is 0 Å².